The Bertz CT molecular complexity index is 689. The molecule has 2 aromatic heterocycles. The van der Waals surface area contributed by atoms with Gasteiger partial charge in [-0.1, -0.05) is 0 Å². The Labute approximate surface area is 110 Å². The maximum absolute atomic E-state index is 5.30. The number of methoxy groups -OCH3 is 2. The van der Waals surface area contributed by atoms with Gasteiger partial charge >= 0.3 is 0 Å². The molecule has 0 aliphatic carbocycles. The van der Waals surface area contributed by atoms with E-state index in [1.165, 1.54) is 0 Å². The highest BCUT2D eigenvalue weighted by atomic mass is 16.5. The van der Waals surface area contributed by atoms with Gasteiger partial charge in [0.2, 0.25) is 0 Å². The number of rotatable bonds is 3. The predicted octanol–water partition coefficient (Wildman–Crippen LogP) is 2.41. The van der Waals surface area contributed by atoms with Crippen LogP contribution in [0.4, 0.5) is 0 Å². The van der Waals surface area contributed by atoms with Crippen LogP contribution in [-0.2, 0) is 0 Å². The molecule has 96 valence electrons. The standard InChI is InChI=1S/C14H13N3O2/c1-18-12-4-3-10(7-13(12)19-2)11-9-17-6-5-15-8-14(17)16-11/h3-9H,1-2H3. The topological polar surface area (TPSA) is 48.7 Å². The summed E-state index contributed by atoms with van der Waals surface area (Å²) in [7, 11) is 3.24. The van der Waals surface area contributed by atoms with E-state index in [1.807, 2.05) is 35.0 Å². The second kappa shape index (κ2) is 4.61. The maximum atomic E-state index is 5.30. The van der Waals surface area contributed by atoms with Crippen molar-refractivity contribution in [2.75, 3.05) is 14.2 Å². The molecule has 3 aromatic rings. The monoisotopic (exact) mass is 255 g/mol. The fourth-order valence-electron chi connectivity index (χ4n) is 1.98. The molecule has 0 N–H and O–H groups in total. The lowest BCUT2D eigenvalue weighted by Gasteiger charge is -2.08. The lowest BCUT2D eigenvalue weighted by atomic mass is 10.1. The summed E-state index contributed by atoms with van der Waals surface area (Å²) in [5.74, 6) is 1.40. The van der Waals surface area contributed by atoms with Crippen molar-refractivity contribution in [2.45, 2.75) is 0 Å². The summed E-state index contributed by atoms with van der Waals surface area (Å²) in [6.45, 7) is 0. The molecule has 0 fully saturated rings. The molecular formula is C14H13N3O2. The first-order valence-corrected chi connectivity index (χ1v) is 5.83. The van der Waals surface area contributed by atoms with Crippen molar-refractivity contribution >= 4 is 5.65 Å². The molecule has 1 aromatic carbocycles. The summed E-state index contributed by atoms with van der Waals surface area (Å²) in [6.07, 6.45) is 7.28. The molecule has 0 spiro atoms. The summed E-state index contributed by atoms with van der Waals surface area (Å²) in [4.78, 5) is 8.57. The zero-order chi connectivity index (χ0) is 13.2. The summed E-state index contributed by atoms with van der Waals surface area (Å²) in [6, 6.07) is 5.74. The Kier molecular flexibility index (Phi) is 2.79. The molecular weight excluding hydrogens is 242 g/mol. The van der Waals surface area contributed by atoms with Crippen molar-refractivity contribution in [3.8, 4) is 22.8 Å². The molecule has 0 radical (unpaired) electrons. The summed E-state index contributed by atoms with van der Waals surface area (Å²) in [5.41, 5.74) is 2.66. The van der Waals surface area contributed by atoms with E-state index in [1.54, 1.807) is 26.6 Å². The van der Waals surface area contributed by atoms with Gasteiger partial charge in [-0.15, -0.1) is 0 Å². The van der Waals surface area contributed by atoms with Crippen molar-refractivity contribution in [3.05, 3.63) is 43.0 Å². The SMILES string of the molecule is COc1ccc(-c2cn3ccncc3n2)cc1OC. The van der Waals surface area contributed by atoms with Gasteiger partial charge in [0.25, 0.3) is 0 Å². The molecule has 0 aliphatic heterocycles. The van der Waals surface area contributed by atoms with Crippen LogP contribution in [0.3, 0.4) is 0 Å². The highest BCUT2D eigenvalue weighted by Crippen LogP contribution is 2.31. The fraction of sp³-hybridized carbons (Fsp3) is 0.143. The van der Waals surface area contributed by atoms with Gasteiger partial charge in [-0.05, 0) is 18.2 Å². The lowest BCUT2D eigenvalue weighted by Crippen LogP contribution is -1.90. The van der Waals surface area contributed by atoms with Gasteiger partial charge in [-0.25, -0.2) is 4.98 Å². The highest BCUT2D eigenvalue weighted by Gasteiger charge is 2.09. The van der Waals surface area contributed by atoms with Gasteiger partial charge < -0.3 is 13.9 Å². The molecule has 2 heterocycles. The summed E-state index contributed by atoms with van der Waals surface area (Å²) < 4.78 is 12.5. The Morgan fingerprint density at radius 2 is 1.95 bits per heavy atom. The summed E-state index contributed by atoms with van der Waals surface area (Å²) >= 11 is 0. The first-order chi connectivity index (χ1) is 9.31. The summed E-state index contributed by atoms with van der Waals surface area (Å²) in [5, 5.41) is 0. The van der Waals surface area contributed by atoms with Crippen LogP contribution >= 0.6 is 0 Å². The normalized spacial score (nSPS) is 10.6. The maximum Gasteiger partial charge on any atom is 0.161 e. The lowest BCUT2D eigenvalue weighted by molar-refractivity contribution is 0.355. The van der Waals surface area contributed by atoms with Crippen LogP contribution in [0.1, 0.15) is 0 Å². The van der Waals surface area contributed by atoms with Crippen molar-refractivity contribution in [1.29, 1.82) is 0 Å². The van der Waals surface area contributed by atoms with Crippen LogP contribution in [0.15, 0.2) is 43.0 Å². The molecule has 0 amide bonds. The number of hydrogen-bond acceptors (Lipinski definition) is 4. The molecule has 5 nitrogen and oxygen atoms in total. The van der Waals surface area contributed by atoms with E-state index in [2.05, 4.69) is 9.97 Å². The van der Waals surface area contributed by atoms with Gasteiger partial charge in [0.15, 0.2) is 17.1 Å². The average molecular weight is 255 g/mol. The van der Waals surface area contributed by atoms with Crippen LogP contribution in [0.25, 0.3) is 16.9 Å². The quantitative estimate of drug-likeness (QED) is 0.721. The minimum absolute atomic E-state index is 0.690. The molecule has 5 heteroatoms. The molecule has 0 saturated heterocycles. The molecule has 0 bridgehead atoms. The minimum Gasteiger partial charge on any atom is -0.493 e. The van der Waals surface area contributed by atoms with E-state index in [-0.39, 0.29) is 0 Å². The van der Waals surface area contributed by atoms with Gasteiger partial charge in [0.05, 0.1) is 26.1 Å². The number of aromatic nitrogens is 3. The molecule has 0 saturated carbocycles. The van der Waals surface area contributed by atoms with E-state index < -0.39 is 0 Å². The van der Waals surface area contributed by atoms with Crippen molar-refractivity contribution in [1.82, 2.24) is 14.4 Å². The first kappa shape index (κ1) is 11.5. The van der Waals surface area contributed by atoms with Crippen LogP contribution in [-0.4, -0.2) is 28.6 Å². The Morgan fingerprint density at radius 1 is 1.11 bits per heavy atom. The van der Waals surface area contributed by atoms with E-state index in [0.717, 1.165) is 16.9 Å². The third kappa shape index (κ3) is 1.99. The minimum atomic E-state index is 0.690. The number of nitrogens with zero attached hydrogens (tertiary/aromatic N) is 3. The molecule has 0 unspecified atom stereocenters. The van der Waals surface area contributed by atoms with Gasteiger partial charge in [0.1, 0.15) is 0 Å². The van der Waals surface area contributed by atoms with Crippen molar-refractivity contribution < 1.29 is 9.47 Å². The Balaban J connectivity index is 2.10. The van der Waals surface area contributed by atoms with Crippen LogP contribution in [0.5, 0.6) is 11.5 Å². The van der Waals surface area contributed by atoms with Gasteiger partial charge in [-0.2, -0.15) is 0 Å². The third-order valence-electron chi connectivity index (χ3n) is 2.94. The third-order valence-corrected chi connectivity index (χ3v) is 2.94. The van der Waals surface area contributed by atoms with Crippen LogP contribution in [0.2, 0.25) is 0 Å². The fourth-order valence-corrected chi connectivity index (χ4v) is 1.98. The molecule has 0 aliphatic rings. The number of imidazole rings is 1. The van der Waals surface area contributed by atoms with E-state index >= 15 is 0 Å². The van der Waals surface area contributed by atoms with E-state index in [0.29, 0.717) is 11.5 Å². The van der Waals surface area contributed by atoms with Crippen LogP contribution < -0.4 is 9.47 Å². The number of ether oxygens (including phenoxy) is 2. The van der Waals surface area contributed by atoms with Crippen molar-refractivity contribution in [3.63, 3.8) is 0 Å². The van der Waals surface area contributed by atoms with Crippen LogP contribution in [0, 0.1) is 0 Å². The zero-order valence-corrected chi connectivity index (χ0v) is 10.7. The smallest absolute Gasteiger partial charge is 0.161 e. The Morgan fingerprint density at radius 3 is 2.68 bits per heavy atom. The largest absolute Gasteiger partial charge is 0.493 e. The second-order valence-electron chi connectivity index (χ2n) is 4.04. The van der Waals surface area contributed by atoms with E-state index in [9.17, 15) is 0 Å². The number of hydrogen-bond donors (Lipinski definition) is 0. The first-order valence-electron chi connectivity index (χ1n) is 5.83. The predicted molar refractivity (Wildman–Crippen MR) is 71.5 cm³/mol. The Hall–Kier alpha value is -2.56. The number of benzene rings is 1. The van der Waals surface area contributed by atoms with E-state index in [4.69, 9.17) is 9.47 Å². The molecule has 0 atom stereocenters. The number of fused-ring (bicyclic) bond motifs is 1. The van der Waals surface area contributed by atoms with Crippen molar-refractivity contribution in [2.24, 2.45) is 0 Å². The second-order valence-corrected chi connectivity index (χ2v) is 4.04. The molecule has 19 heavy (non-hydrogen) atoms. The van der Waals surface area contributed by atoms with Gasteiger partial charge in [0, 0.05) is 24.2 Å². The van der Waals surface area contributed by atoms with Gasteiger partial charge in [-0.3, -0.25) is 4.98 Å². The zero-order valence-electron chi connectivity index (χ0n) is 10.7. The average Bonchev–Trinajstić information content (AvgIpc) is 2.90. The molecule has 3 rings (SSSR count). The highest BCUT2D eigenvalue weighted by molar-refractivity contribution is 5.66.